The Kier molecular flexibility index (Phi) is 3.01. The largest absolute Gasteiger partial charge is 0.469 e. The lowest BCUT2D eigenvalue weighted by molar-refractivity contribution is 0.164. The molecule has 0 aliphatic rings. The van der Waals surface area contributed by atoms with Crippen LogP contribution in [0, 0.1) is 11.6 Å². The van der Waals surface area contributed by atoms with Crippen LogP contribution in [0.1, 0.15) is 17.4 Å². The number of rotatable bonds is 3. The summed E-state index contributed by atoms with van der Waals surface area (Å²) in [6.45, 7) is 0. The summed E-state index contributed by atoms with van der Waals surface area (Å²) in [5, 5.41) is 9.73. The zero-order valence-electron chi connectivity index (χ0n) is 8.36. The predicted octanol–water partition coefficient (Wildman–Crippen LogP) is 2.83. The summed E-state index contributed by atoms with van der Waals surface area (Å²) < 4.78 is 31.2. The molecule has 0 spiro atoms. The molecule has 0 aliphatic carbocycles. The van der Waals surface area contributed by atoms with E-state index < -0.39 is 17.7 Å². The summed E-state index contributed by atoms with van der Waals surface area (Å²) in [5.41, 5.74) is -0.0589. The summed E-state index contributed by atoms with van der Waals surface area (Å²) in [5.74, 6) is -1.45. The Bertz CT molecular complexity index is 466. The molecule has 1 heterocycles. The number of halogens is 2. The van der Waals surface area contributed by atoms with Crippen molar-refractivity contribution in [3.8, 4) is 0 Å². The third-order valence-electron chi connectivity index (χ3n) is 2.32. The van der Waals surface area contributed by atoms with E-state index in [4.69, 9.17) is 4.42 Å². The van der Waals surface area contributed by atoms with Gasteiger partial charge in [-0.1, -0.05) is 12.1 Å². The second kappa shape index (κ2) is 4.45. The van der Waals surface area contributed by atoms with Gasteiger partial charge in [-0.25, -0.2) is 8.78 Å². The maximum absolute atomic E-state index is 13.3. The molecular weight excluding hydrogens is 214 g/mol. The van der Waals surface area contributed by atoms with Crippen LogP contribution in [0.3, 0.4) is 0 Å². The molecule has 0 aliphatic heterocycles. The number of hydrogen-bond acceptors (Lipinski definition) is 2. The lowest BCUT2D eigenvalue weighted by Gasteiger charge is -2.10. The zero-order chi connectivity index (χ0) is 11.5. The lowest BCUT2D eigenvalue weighted by atomic mass is 10.0. The van der Waals surface area contributed by atoms with Crippen molar-refractivity contribution in [1.29, 1.82) is 0 Å². The fraction of sp³-hybridized carbons (Fsp3) is 0.167. The minimum Gasteiger partial charge on any atom is -0.469 e. The first kappa shape index (κ1) is 10.8. The van der Waals surface area contributed by atoms with E-state index in [-0.39, 0.29) is 12.0 Å². The monoisotopic (exact) mass is 224 g/mol. The van der Waals surface area contributed by atoms with Crippen LogP contribution in [-0.4, -0.2) is 5.11 Å². The molecule has 0 radical (unpaired) electrons. The highest BCUT2D eigenvalue weighted by Gasteiger charge is 2.17. The topological polar surface area (TPSA) is 33.4 Å². The minimum atomic E-state index is -1.11. The molecule has 0 saturated heterocycles. The molecule has 16 heavy (non-hydrogen) atoms. The Labute approximate surface area is 91.1 Å². The third kappa shape index (κ3) is 2.12. The standard InChI is InChI=1S/C12H10F2O2/c13-10-5-1-4-9(12(10)14)11(15)7-8-3-2-6-16-8/h1-6,11,15H,7H2. The van der Waals surface area contributed by atoms with Crippen molar-refractivity contribution in [1.82, 2.24) is 0 Å². The highest BCUT2D eigenvalue weighted by molar-refractivity contribution is 5.22. The molecule has 2 nitrogen and oxygen atoms in total. The van der Waals surface area contributed by atoms with Gasteiger partial charge in [0.2, 0.25) is 0 Å². The third-order valence-corrected chi connectivity index (χ3v) is 2.32. The molecule has 0 amide bonds. The second-order valence-electron chi connectivity index (χ2n) is 3.44. The molecule has 1 N–H and O–H groups in total. The van der Waals surface area contributed by atoms with E-state index in [0.717, 1.165) is 6.07 Å². The van der Waals surface area contributed by atoms with E-state index in [0.29, 0.717) is 5.76 Å². The fourth-order valence-corrected chi connectivity index (χ4v) is 1.51. The van der Waals surface area contributed by atoms with Gasteiger partial charge in [0, 0.05) is 12.0 Å². The summed E-state index contributed by atoms with van der Waals surface area (Å²) in [4.78, 5) is 0. The number of furan rings is 1. The quantitative estimate of drug-likeness (QED) is 0.869. The van der Waals surface area contributed by atoms with Crippen molar-refractivity contribution in [2.75, 3.05) is 0 Å². The Balaban J connectivity index is 2.21. The molecule has 0 saturated carbocycles. The first-order valence-electron chi connectivity index (χ1n) is 4.83. The van der Waals surface area contributed by atoms with Crippen LogP contribution in [0.2, 0.25) is 0 Å². The first-order valence-corrected chi connectivity index (χ1v) is 4.83. The van der Waals surface area contributed by atoms with Crippen molar-refractivity contribution in [2.24, 2.45) is 0 Å². The van der Waals surface area contributed by atoms with Gasteiger partial charge in [0.05, 0.1) is 12.4 Å². The van der Waals surface area contributed by atoms with Crippen LogP contribution in [-0.2, 0) is 6.42 Å². The summed E-state index contributed by atoms with van der Waals surface area (Å²) in [7, 11) is 0. The first-order chi connectivity index (χ1) is 7.68. The molecule has 4 heteroatoms. The molecule has 1 atom stereocenters. The Morgan fingerprint density at radius 2 is 2.00 bits per heavy atom. The van der Waals surface area contributed by atoms with E-state index >= 15 is 0 Å². The van der Waals surface area contributed by atoms with Crippen LogP contribution in [0.4, 0.5) is 8.78 Å². The van der Waals surface area contributed by atoms with Crippen molar-refractivity contribution in [2.45, 2.75) is 12.5 Å². The van der Waals surface area contributed by atoms with Gasteiger partial charge in [-0.3, -0.25) is 0 Å². The molecule has 1 aromatic heterocycles. The van der Waals surface area contributed by atoms with Crippen LogP contribution in [0.5, 0.6) is 0 Å². The smallest absolute Gasteiger partial charge is 0.164 e. The van der Waals surface area contributed by atoms with Gasteiger partial charge in [0.25, 0.3) is 0 Å². The molecule has 84 valence electrons. The van der Waals surface area contributed by atoms with E-state index in [1.165, 1.54) is 18.4 Å². The van der Waals surface area contributed by atoms with Crippen LogP contribution >= 0.6 is 0 Å². The molecular formula is C12H10F2O2. The molecule has 1 unspecified atom stereocenters. The fourth-order valence-electron chi connectivity index (χ4n) is 1.51. The van der Waals surface area contributed by atoms with E-state index in [1.54, 1.807) is 12.1 Å². The molecule has 0 bridgehead atoms. The summed E-state index contributed by atoms with van der Waals surface area (Å²) >= 11 is 0. The predicted molar refractivity (Wildman–Crippen MR) is 53.7 cm³/mol. The van der Waals surface area contributed by atoms with Gasteiger partial charge in [-0.15, -0.1) is 0 Å². The van der Waals surface area contributed by atoms with Gasteiger partial charge in [0.15, 0.2) is 11.6 Å². The SMILES string of the molecule is OC(Cc1ccco1)c1cccc(F)c1F. The summed E-state index contributed by atoms with van der Waals surface area (Å²) in [6, 6.07) is 7.06. The minimum absolute atomic E-state index is 0.0589. The van der Waals surface area contributed by atoms with Gasteiger partial charge in [-0.05, 0) is 18.2 Å². The maximum Gasteiger partial charge on any atom is 0.164 e. The average molecular weight is 224 g/mol. The maximum atomic E-state index is 13.3. The number of benzene rings is 1. The van der Waals surface area contributed by atoms with Gasteiger partial charge in [-0.2, -0.15) is 0 Å². The normalized spacial score (nSPS) is 12.7. The molecule has 1 aromatic carbocycles. The Morgan fingerprint density at radius 1 is 1.19 bits per heavy atom. The zero-order valence-corrected chi connectivity index (χ0v) is 8.36. The molecule has 2 rings (SSSR count). The molecule has 2 aromatic rings. The van der Waals surface area contributed by atoms with Crippen LogP contribution < -0.4 is 0 Å². The Hall–Kier alpha value is -1.68. The van der Waals surface area contributed by atoms with Gasteiger partial charge >= 0.3 is 0 Å². The number of hydrogen-bond donors (Lipinski definition) is 1. The Morgan fingerprint density at radius 3 is 2.69 bits per heavy atom. The highest BCUT2D eigenvalue weighted by Crippen LogP contribution is 2.22. The molecule has 0 fully saturated rings. The van der Waals surface area contributed by atoms with Crippen LogP contribution in [0.15, 0.2) is 41.0 Å². The van der Waals surface area contributed by atoms with Crippen molar-refractivity contribution in [3.05, 3.63) is 59.6 Å². The van der Waals surface area contributed by atoms with Gasteiger partial charge in [0.1, 0.15) is 5.76 Å². The number of aliphatic hydroxyl groups is 1. The van der Waals surface area contributed by atoms with Crippen molar-refractivity contribution < 1.29 is 18.3 Å². The van der Waals surface area contributed by atoms with E-state index in [9.17, 15) is 13.9 Å². The van der Waals surface area contributed by atoms with Gasteiger partial charge < -0.3 is 9.52 Å². The summed E-state index contributed by atoms with van der Waals surface area (Å²) in [6.07, 6.45) is 0.471. The highest BCUT2D eigenvalue weighted by atomic mass is 19.2. The van der Waals surface area contributed by atoms with Crippen molar-refractivity contribution in [3.63, 3.8) is 0 Å². The van der Waals surface area contributed by atoms with E-state index in [2.05, 4.69) is 0 Å². The van der Waals surface area contributed by atoms with E-state index in [1.807, 2.05) is 0 Å². The average Bonchev–Trinajstić information content (AvgIpc) is 2.74. The van der Waals surface area contributed by atoms with Crippen molar-refractivity contribution >= 4 is 0 Å². The lowest BCUT2D eigenvalue weighted by Crippen LogP contribution is -2.05. The van der Waals surface area contributed by atoms with Crippen LogP contribution in [0.25, 0.3) is 0 Å². The number of aliphatic hydroxyl groups excluding tert-OH is 1. The second-order valence-corrected chi connectivity index (χ2v) is 3.44.